The fourth-order valence-corrected chi connectivity index (χ4v) is 5.50. The Morgan fingerprint density at radius 1 is 1.30 bits per heavy atom. The van der Waals surface area contributed by atoms with Crippen LogP contribution in [0.4, 0.5) is 0 Å². The van der Waals surface area contributed by atoms with Gasteiger partial charge in [-0.25, -0.2) is 0 Å². The lowest BCUT2D eigenvalue weighted by molar-refractivity contribution is -0.119. The quantitative estimate of drug-likeness (QED) is 0.813. The molecule has 1 heterocycles. The van der Waals surface area contributed by atoms with Crippen molar-refractivity contribution in [1.29, 1.82) is 0 Å². The monoisotopic (exact) mass is 334 g/mol. The van der Waals surface area contributed by atoms with Gasteiger partial charge in [-0.15, -0.1) is 10.2 Å². The number of amides is 1. The van der Waals surface area contributed by atoms with Crippen LogP contribution in [0.5, 0.6) is 0 Å². The Balaban J connectivity index is 1.29. The van der Waals surface area contributed by atoms with Crippen molar-refractivity contribution in [3.05, 3.63) is 5.82 Å². The summed E-state index contributed by atoms with van der Waals surface area (Å²) in [6.45, 7) is 4.18. The fraction of sp³-hybridized carbons (Fsp3) is 0.824. The fourth-order valence-electron chi connectivity index (χ4n) is 4.64. The highest BCUT2D eigenvalue weighted by Crippen LogP contribution is 2.49. The third kappa shape index (κ3) is 3.14. The molecule has 0 spiro atoms. The molecule has 5 nitrogen and oxygen atoms in total. The van der Waals surface area contributed by atoms with Gasteiger partial charge in [0.2, 0.25) is 5.91 Å². The third-order valence-electron chi connectivity index (χ3n) is 5.90. The van der Waals surface area contributed by atoms with E-state index in [1.807, 2.05) is 6.92 Å². The molecule has 4 rings (SSSR count). The van der Waals surface area contributed by atoms with Crippen molar-refractivity contribution in [1.82, 2.24) is 20.1 Å². The lowest BCUT2D eigenvalue weighted by Gasteiger charge is -2.28. The van der Waals surface area contributed by atoms with Crippen molar-refractivity contribution in [3.8, 4) is 0 Å². The minimum atomic E-state index is 0.133. The number of carbonyl (C=O) groups is 1. The normalized spacial score (nSPS) is 30.6. The summed E-state index contributed by atoms with van der Waals surface area (Å²) in [4.78, 5) is 12.3. The maximum absolute atomic E-state index is 12.3. The molecule has 0 unspecified atom stereocenters. The van der Waals surface area contributed by atoms with Crippen LogP contribution in [0.3, 0.4) is 0 Å². The molecule has 0 radical (unpaired) electrons. The van der Waals surface area contributed by atoms with Gasteiger partial charge in [0.25, 0.3) is 0 Å². The van der Waals surface area contributed by atoms with E-state index in [9.17, 15) is 4.79 Å². The zero-order valence-electron chi connectivity index (χ0n) is 14.0. The zero-order valence-corrected chi connectivity index (χ0v) is 14.8. The molecule has 23 heavy (non-hydrogen) atoms. The van der Waals surface area contributed by atoms with Crippen LogP contribution in [0.15, 0.2) is 5.16 Å². The van der Waals surface area contributed by atoms with E-state index in [0.717, 1.165) is 22.8 Å². The van der Waals surface area contributed by atoms with Gasteiger partial charge in [-0.2, -0.15) is 0 Å². The molecule has 126 valence electrons. The first kappa shape index (κ1) is 15.5. The van der Waals surface area contributed by atoms with E-state index in [1.165, 1.54) is 50.3 Å². The minimum absolute atomic E-state index is 0.133. The number of hydrogen-bond donors (Lipinski definition) is 1. The SMILES string of the molecule is Cc1nnc(SCC(=O)N[C@H](C)[C@H]2C[C@H]3CC[C@H]2C3)n1C1CC1. The first-order valence-corrected chi connectivity index (χ1v) is 9.94. The molecule has 6 heteroatoms. The summed E-state index contributed by atoms with van der Waals surface area (Å²) in [6.07, 6.45) is 7.90. The van der Waals surface area contributed by atoms with E-state index in [2.05, 4.69) is 27.0 Å². The van der Waals surface area contributed by atoms with Gasteiger partial charge in [-0.1, -0.05) is 18.2 Å². The first-order valence-electron chi connectivity index (χ1n) is 8.95. The van der Waals surface area contributed by atoms with E-state index in [-0.39, 0.29) is 5.91 Å². The number of rotatable bonds is 6. The molecular formula is C17H26N4OS. The van der Waals surface area contributed by atoms with E-state index in [0.29, 0.717) is 23.8 Å². The van der Waals surface area contributed by atoms with Crippen molar-refractivity contribution in [2.24, 2.45) is 17.8 Å². The van der Waals surface area contributed by atoms with Crippen molar-refractivity contribution < 1.29 is 4.79 Å². The molecule has 4 atom stereocenters. The summed E-state index contributed by atoms with van der Waals surface area (Å²) in [7, 11) is 0. The molecule has 1 N–H and O–H groups in total. The molecule has 0 saturated heterocycles. The molecule has 0 aromatic carbocycles. The summed E-state index contributed by atoms with van der Waals surface area (Å²) in [6, 6.07) is 0.866. The summed E-state index contributed by atoms with van der Waals surface area (Å²) in [5.74, 6) is 4.01. The van der Waals surface area contributed by atoms with Crippen LogP contribution in [-0.4, -0.2) is 32.5 Å². The molecule has 3 saturated carbocycles. The van der Waals surface area contributed by atoms with Crippen LogP contribution in [0.1, 0.15) is 57.3 Å². The maximum atomic E-state index is 12.3. The second kappa shape index (κ2) is 6.11. The Hall–Kier alpha value is -1.04. The number of nitrogens with zero attached hydrogens (tertiary/aromatic N) is 3. The lowest BCUT2D eigenvalue weighted by Crippen LogP contribution is -2.40. The predicted molar refractivity (Wildman–Crippen MR) is 90.3 cm³/mol. The van der Waals surface area contributed by atoms with E-state index in [1.54, 1.807) is 0 Å². The Bertz CT molecular complexity index is 597. The van der Waals surface area contributed by atoms with Gasteiger partial charge in [0, 0.05) is 12.1 Å². The first-order chi connectivity index (χ1) is 11.1. The minimum Gasteiger partial charge on any atom is -0.353 e. The number of aryl methyl sites for hydroxylation is 1. The molecular weight excluding hydrogens is 308 g/mol. The number of thioether (sulfide) groups is 1. The van der Waals surface area contributed by atoms with Crippen LogP contribution >= 0.6 is 11.8 Å². The van der Waals surface area contributed by atoms with E-state index >= 15 is 0 Å². The standard InChI is InChI=1S/C17H26N4OS/c1-10(15-8-12-3-4-13(15)7-12)18-16(22)9-23-17-20-19-11(2)21(17)14-5-6-14/h10,12-15H,3-9H2,1-2H3,(H,18,22)/t10-,12+,13+,15-/m1/s1. The number of fused-ring (bicyclic) bond motifs is 2. The molecule has 2 bridgehead atoms. The molecule has 3 aliphatic rings. The highest BCUT2D eigenvalue weighted by Gasteiger charge is 2.42. The molecule has 1 aromatic rings. The second-order valence-corrected chi connectivity index (χ2v) is 8.56. The molecule has 3 aliphatic carbocycles. The van der Waals surface area contributed by atoms with Gasteiger partial charge in [0.15, 0.2) is 5.16 Å². The van der Waals surface area contributed by atoms with Crippen molar-refractivity contribution in [2.45, 2.75) is 69.6 Å². The maximum Gasteiger partial charge on any atom is 0.230 e. The second-order valence-electron chi connectivity index (χ2n) is 7.61. The smallest absolute Gasteiger partial charge is 0.230 e. The number of aromatic nitrogens is 3. The molecule has 1 amide bonds. The highest BCUT2D eigenvalue weighted by molar-refractivity contribution is 7.99. The topological polar surface area (TPSA) is 59.8 Å². The van der Waals surface area contributed by atoms with Gasteiger partial charge in [0.05, 0.1) is 5.75 Å². The van der Waals surface area contributed by atoms with Crippen LogP contribution in [-0.2, 0) is 4.79 Å². The number of carbonyl (C=O) groups excluding carboxylic acids is 1. The number of hydrogen-bond acceptors (Lipinski definition) is 4. The summed E-state index contributed by atoms with van der Waals surface area (Å²) in [5, 5.41) is 12.5. The average Bonchev–Trinajstić information content (AvgIpc) is 2.96. The zero-order chi connectivity index (χ0) is 16.0. The Morgan fingerprint density at radius 3 is 2.78 bits per heavy atom. The largest absolute Gasteiger partial charge is 0.353 e. The highest BCUT2D eigenvalue weighted by atomic mass is 32.2. The summed E-state index contributed by atoms with van der Waals surface area (Å²) < 4.78 is 2.19. The van der Waals surface area contributed by atoms with Crippen LogP contribution in [0.25, 0.3) is 0 Å². The molecule has 0 aliphatic heterocycles. The van der Waals surface area contributed by atoms with Crippen LogP contribution in [0, 0.1) is 24.7 Å². The molecule has 1 aromatic heterocycles. The average molecular weight is 334 g/mol. The van der Waals surface area contributed by atoms with Crippen LogP contribution in [0.2, 0.25) is 0 Å². The summed E-state index contributed by atoms with van der Waals surface area (Å²) in [5.41, 5.74) is 0. The van der Waals surface area contributed by atoms with E-state index < -0.39 is 0 Å². The Kier molecular flexibility index (Phi) is 4.12. The van der Waals surface area contributed by atoms with Gasteiger partial charge < -0.3 is 9.88 Å². The predicted octanol–water partition coefficient (Wildman–Crippen LogP) is 2.95. The van der Waals surface area contributed by atoms with Crippen molar-refractivity contribution in [3.63, 3.8) is 0 Å². The summed E-state index contributed by atoms with van der Waals surface area (Å²) >= 11 is 1.52. The van der Waals surface area contributed by atoms with Gasteiger partial charge >= 0.3 is 0 Å². The Labute approximate surface area is 142 Å². The van der Waals surface area contributed by atoms with Crippen molar-refractivity contribution >= 4 is 17.7 Å². The molecule has 3 fully saturated rings. The lowest BCUT2D eigenvalue weighted by atomic mass is 9.84. The Morgan fingerprint density at radius 2 is 2.13 bits per heavy atom. The van der Waals surface area contributed by atoms with Crippen molar-refractivity contribution in [2.75, 3.05) is 5.75 Å². The van der Waals surface area contributed by atoms with E-state index in [4.69, 9.17) is 0 Å². The third-order valence-corrected chi connectivity index (χ3v) is 6.85. The van der Waals surface area contributed by atoms with Gasteiger partial charge in [-0.05, 0) is 63.7 Å². The van der Waals surface area contributed by atoms with Gasteiger partial charge in [0.1, 0.15) is 5.82 Å². The number of nitrogens with one attached hydrogen (secondary N) is 1. The van der Waals surface area contributed by atoms with Gasteiger partial charge in [-0.3, -0.25) is 4.79 Å². The van der Waals surface area contributed by atoms with Crippen LogP contribution < -0.4 is 5.32 Å².